The molecule has 4 heterocycles. The number of hydrogen-bond acceptors (Lipinski definition) is 6. The van der Waals surface area contributed by atoms with Gasteiger partial charge in [-0.1, -0.05) is 18.6 Å². The average Bonchev–Trinajstić information content (AvgIpc) is 3.48. The van der Waals surface area contributed by atoms with E-state index in [1.54, 1.807) is 48.1 Å². The topological polar surface area (TPSA) is 110 Å². The normalized spacial score (nSPS) is 15.0. The van der Waals surface area contributed by atoms with Gasteiger partial charge in [-0.2, -0.15) is 9.40 Å². The first-order valence-corrected chi connectivity index (χ1v) is 12.6. The molecule has 1 fully saturated rings. The van der Waals surface area contributed by atoms with E-state index < -0.39 is 15.9 Å². The van der Waals surface area contributed by atoms with Crippen LogP contribution in [0.25, 0.3) is 22.5 Å². The molecule has 0 spiro atoms. The molecule has 5 rings (SSSR count). The number of amides is 1. The highest BCUT2D eigenvalue weighted by molar-refractivity contribution is 7.89. The Labute approximate surface area is 197 Å². The maximum absolute atomic E-state index is 13.6. The highest BCUT2D eigenvalue weighted by atomic mass is 32.2. The maximum atomic E-state index is 13.6. The highest BCUT2D eigenvalue weighted by Gasteiger charge is 2.29. The van der Waals surface area contributed by atoms with Gasteiger partial charge >= 0.3 is 0 Å². The van der Waals surface area contributed by atoms with E-state index in [0.717, 1.165) is 19.3 Å². The van der Waals surface area contributed by atoms with Crippen molar-refractivity contribution in [3.63, 3.8) is 0 Å². The number of hydrogen-bond donors (Lipinski definition) is 1. The van der Waals surface area contributed by atoms with E-state index in [2.05, 4.69) is 15.4 Å². The van der Waals surface area contributed by atoms with Gasteiger partial charge in [-0.15, -0.1) is 0 Å². The molecule has 10 heteroatoms. The fourth-order valence-electron chi connectivity index (χ4n) is 4.40. The fourth-order valence-corrected chi connectivity index (χ4v) is 6.07. The summed E-state index contributed by atoms with van der Waals surface area (Å²) in [4.78, 5) is 18.3. The number of benzene rings is 1. The molecule has 1 amide bonds. The van der Waals surface area contributed by atoms with Crippen molar-refractivity contribution < 1.29 is 17.6 Å². The minimum absolute atomic E-state index is 0.0877. The molecule has 1 aromatic carbocycles. The summed E-state index contributed by atoms with van der Waals surface area (Å²) >= 11 is 0. The number of furan rings is 1. The molecule has 1 aliphatic heterocycles. The van der Waals surface area contributed by atoms with Gasteiger partial charge in [0.1, 0.15) is 10.6 Å². The molecule has 1 saturated heterocycles. The van der Waals surface area contributed by atoms with Crippen molar-refractivity contribution in [2.45, 2.75) is 31.1 Å². The molecule has 176 valence electrons. The zero-order chi connectivity index (χ0) is 23.9. The lowest BCUT2D eigenvalue weighted by molar-refractivity contribution is 0.102. The molecule has 0 aliphatic carbocycles. The van der Waals surface area contributed by atoms with Crippen LogP contribution in [-0.2, 0) is 17.1 Å². The third-order valence-electron chi connectivity index (χ3n) is 6.06. The number of aromatic nitrogens is 3. The number of carbonyl (C=O) groups is 1. The second kappa shape index (κ2) is 8.69. The average molecular weight is 480 g/mol. The second-order valence-corrected chi connectivity index (χ2v) is 10.3. The van der Waals surface area contributed by atoms with E-state index in [9.17, 15) is 13.2 Å². The van der Waals surface area contributed by atoms with Crippen LogP contribution in [-0.4, -0.2) is 46.5 Å². The number of rotatable bonds is 5. The summed E-state index contributed by atoms with van der Waals surface area (Å²) < 4.78 is 35.3. The van der Waals surface area contributed by atoms with Crippen LogP contribution in [0.1, 0.15) is 35.3 Å². The van der Waals surface area contributed by atoms with Crippen molar-refractivity contribution in [2.24, 2.45) is 7.05 Å². The summed E-state index contributed by atoms with van der Waals surface area (Å²) in [5.74, 6) is 0.0699. The molecule has 4 aromatic rings. The largest absolute Gasteiger partial charge is 0.463 e. The van der Waals surface area contributed by atoms with Crippen LogP contribution in [0.2, 0.25) is 0 Å². The second-order valence-electron chi connectivity index (χ2n) is 8.36. The molecule has 34 heavy (non-hydrogen) atoms. The smallest absolute Gasteiger partial charge is 0.256 e. The van der Waals surface area contributed by atoms with E-state index in [1.807, 2.05) is 6.92 Å². The van der Waals surface area contributed by atoms with Crippen molar-refractivity contribution in [3.8, 4) is 11.5 Å². The molecule has 0 radical (unpaired) electrons. The molecule has 0 unspecified atom stereocenters. The van der Waals surface area contributed by atoms with Crippen LogP contribution in [0.15, 0.2) is 58.0 Å². The Balaban J connectivity index is 1.57. The van der Waals surface area contributed by atoms with Gasteiger partial charge in [0.25, 0.3) is 5.91 Å². The van der Waals surface area contributed by atoms with Gasteiger partial charge in [0, 0.05) is 20.1 Å². The van der Waals surface area contributed by atoms with Crippen LogP contribution >= 0.6 is 0 Å². The first-order valence-electron chi connectivity index (χ1n) is 11.1. The molecular weight excluding hydrogens is 454 g/mol. The molecule has 0 saturated carbocycles. The van der Waals surface area contributed by atoms with E-state index in [1.165, 1.54) is 16.6 Å². The predicted octanol–water partition coefficient (Wildman–Crippen LogP) is 3.96. The molecule has 1 N–H and O–H groups in total. The van der Waals surface area contributed by atoms with Crippen molar-refractivity contribution >= 4 is 32.7 Å². The molecule has 0 atom stereocenters. The van der Waals surface area contributed by atoms with Gasteiger partial charge in [0.15, 0.2) is 11.4 Å². The number of carbonyl (C=O) groups excluding carboxylic acids is 1. The van der Waals surface area contributed by atoms with Crippen LogP contribution in [0.4, 0.5) is 5.69 Å². The lowest BCUT2D eigenvalue weighted by Gasteiger charge is -2.26. The quantitative estimate of drug-likeness (QED) is 0.464. The third-order valence-corrected chi connectivity index (χ3v) is 8.01. The minimum atomic E-state index is -3.74. The first-order chi connectivity index (χ1) is 16.4. The van der Waals surface area contributed by atoms with Gasteiger partial charge < -0.3 is 9.73 Å². The number of aryl methyl sites for hydroxylation is 2. The van der Waals surface area contributed by atoms with Gasteiger partial charge in [-0.25, -0.2) is 13.4 Å². The van der Waals surface area contributed by atoms with Gasteiger partial charge in [0.05, 0.1) is 28.6 Å². The Kier molecular flexibility index (Phi) is 5.70. The Morgan fingerprint density at radius 3 is 2.59 bits per heavy atom. The molecular formula is C24H25N5O4S. The Bertz CT molecular complexity index is 1470. The Hall–Kier alpha value is -3.50. The number of pyridine rings is 1. The van der Waals surface area contributed by atoms with Crippen molar-refractivity contribution in [1.29, 1.82) is 0 Å². The van der Waals surface area contributed by atoms with E-state index in [-0.39, 0.29) is 10.6 Å². The number of nitrogens with zero attached hydrogens (tertiary/aromatic N) is 4. The van der Waals surface area contributed by atoms with Crippen LogP contribution in [0.5, 0.6) is 0 Å². The summed E-state index contributed by atoms with van der Waals surface area (Å²) in [6.07, 6.45) is 4.22. The lowest BCUT2D eigenvalue weighted by atomic mass is 10.1. The van der Waals surface area contributed by atoms with E-state index >= 15 is 0 Å². The first kappa shape index (κ1) is 22.3. The summed E-state index contributed by atoms with van der Waals surface area (Å²) in [6.45, 7) is 2.77. The summed E-state index contributed by atoms with van der Waals surface area (Å²) in [6, 6.07) is 11.7. The number of anilines is 1. The van der Waals surface area contributed by atoms with Gasteiger partial charge in [0.2, 0.25) is 10.0 Å². The fraction of sp³-hybridized carbons (Fsp3) is 0.292. The SMILES string of the molecule is Cc1nn(C)c2nc(-c3ccco3)cc(C(=O)Nc3ccccc3S(=O)(=O)N3CCCCC3)c12. The molecule has 9 nitrogen and oxygen atoms in total. The Morgan fingerprint density at radius 1 is 1.09 bits per heavy atom. The Morgan fingerprint density at radius 2 is 1.85 bits per heavy atom. The van der Waals surface area contributed by atoms with E-state index in [4.69, 9.17) is 4.42 Å². The third kappa shape index (κ3) is 3.88. The summed E-state index contributed by atoms with van der Waals surface area (Å²) in [7, 11) is -1.98. The van der Waals surface area contributed by atoms with Crippen molar-refractivity contribution in [3.05, 3.63) is 60.0 Å². The van der Waals surface area contributed by atoms with Gasteiger partial charge in [-0.05, 0) is 50.1 Å². The summed E-state index contributed by atoms with van der Waals surface area (Å²) in [5, 5.41) is 7.86. The molecule has 3 aromatic heterocycles. The van der Waals surface area contributed by atoms with Crippen LogP contribution in [0, 0.1) is 6.92 Å². The predicted molar refractivity (Wildman–Crippen MR) is 128 cm³/mol. The van der Waals surface area contributed by atoms with Crippen molar-refractivity contribution in [1.82, 2.24) is 19.1 Å². The number of nitrogens with one attached hydrogen (secondary N) is 1. The standard InChI is InChI=1S/C24H25N5O4S/c1-16-22-17(15-19(20-10-8-14-33-20)25-23(22)28(2)27-16)24(30)26-18-9-4-5-11-21(18)34(31,32)29-12-6-3-7-13-29/h4-5,8-11,14-15H,3,6-7,12-13H2,1-2H3,(H,26,30). The number of fused-ring (bicyclic) bond motifs is 1. The maximum Gasteiger partial charge on any atom is 0.256 e. The zero-order valence-corrected chi connectivity index (χ0v) is 19.8. The number of sulfonamides is 1. The van der Waals surface area contributed by atoms with Crippen molar-refractivity contribution in [2.75, 3.05) is 18.4 Å². The van der Waals surface area contributed by atoms with Crippen LogP contribution < -0.4 is 5.32 Å². The monoisotopic (exact) mass is 479 g/mol. The molecule has 0 bridgehead atoms. The van der Waals surface area contributed by atoms with Gasteiger partial charge in [-0.3, -0.25) is 9.48 Å². The summed E-state index contributed by atoms with van der Waals surface area (Å²) in [5.41, 5.74) is 2.25. The highest BCUT2D eigenvalue weighted by Crippen LogP contribution is 2.30. The zero-order valence-electron chi connectivity index (χ0n) is 19.0. The lowest BCUT2D eigenvalue weighted by Crippen LogP contribution is -2.36. The molecule has 1 aliphatic rings. The number of piperidine rings is 1. The van der Waals surface area contributed by atoms with Crippen LogP contribution in [0.3, 0.4) is 0 Å². The number of para-hydroxylation sites is 1. The minimum Gasteiger partial charge on any atom is -0.463 e. The van der Waals surface area contributed by atoms with E-state index in [0.29, 0.717) is 46.8 Å².